The second-order valence-electron chi connectivity index (χ2n) is 40.4. The van der Waals surface area contributed by atoms with Crippen molar-refractivity contribution in [1.29, 1.82) is 0 Å². The van der Waals surface area contributed by atoms with Crippen molar-refractivity contribution < 1.29 is 102 Å². The third-order valence-corrected chi connectivity index (χ3v) is 24.4. The van der Waals surface area contributed by atoms with E-state index in [0.29, 0.717) is 40.0 Å². The maximum atomic E-state index is 14.5. The molecule has 762 valence electrons. The number of carboxylic acids is 1. The number of likely N-dealkylation sites (tertiary alicyclic amines) is 4. The van der Waals surface area contributed by atoms with Gasteiger partial charge >= 0.3 is 36.4 Å². The summed E-state index contributed by atoms with van der Waals surface area (Å²) in [6, 6.07) is 23.4. The molecule has 8 aromatic rings. The number of terminal acetylenes is 2. The van der Waals surface area contributed by atoms with Crippen LogP contribution in [0.5, 0.6) is 0 Å². The normalized spacial score (nSPS) is 17.7. The van der Waals surface area contributed by atoms with E-state index < -0.39 is 202 Å². The molecule has 0 unspecified atom stereocenters. The molecule has 0 radical (unpaired) electrons. The van der Waals surface area contributed by atoms with Crippen LogP contribution < -0.4 is 16.0 Å². The van der Waals surface area contributed by atoms with Gasteiger partial charge < -0.3 is 74.5 Å². The van der Waals surface area contributed by atoms with Gasteiger partial charge in [0.15, 0.2) is 0 Å². The smallest absolute Gasteiger partial charge is 0.411 e. The van der Waals surface area contributed by atoms with Crippen molar-refractivity contribution in [2.45, 2.75) is 245 Å². The van der Waals surface area contributed by atoms with Crippen LogP contribution in [0.2, 0.25) is 58.9 Å². The topological polar surface area (TPSA) is 367 Å². The first-order valence-electron chi connectivity index (χ1n) is 45.4. The maximum absolute atomic E-state index is 14.5. The molecule has 7 atom stereocenters. The zero-order valence-corrected chi connectivity index (χ0v) is 88.5. The second-order valence-corrected chi connectivity index (χ2v) is 55.6. The molecule has 29 nitrogen and oxygen atoms in total. The number of ether oxygens (including phenoxy) is 5. The molecule has 8 heterocycles. The number of methoxy groups -OCH3 is 3. The number of aromatic amines is 4. The first-order valence-corrected chi connectivity index (χ1v) is 56.7. The average Bonchev–Trinajstić information content (AvgIpc) is 1.64. The summed E-state index contributed by atoms with van der Waals surface area (Å²) in [6.45, 7) is 37.2. The van der Waals surface area contributed by atoms with Gasteiger partial charge in [-0.2, -0.15) is 0 Å². The number of aromatic nitrogens is 8. The Kier molecular flexibility index (Phi) is 39.4. The number of rotatable bonds is 17. The number of halogens is 9. The van der Waals surface area contributed by atoms with Gasteiger partial charge in [0, 0.05) is 46.8 Å². The van der Waals surface area contributed by atoms with E-state index in [2.05, 4.69) is 179 Å². The molecule has 4 fully saturated rings. The highest BCUT2D eigenvalue weighted by Gasteiger charge is 2.55. The van der Waals surface area contributed by atoms with Crippen molar-refractivity contribution in [1.82, 2.24) is 75.4 Å². The molecule has 41 heteroatoms. The Hall–Kier alpha value is -12.7. The zero-order chi connectivity index (χ0) is 106. The molecule has 4 aromatic heterocycles. The predicted molar refractivity (Wildman–Crippen MR) is 533 cm³/mol. The van der Waals surface area contributed by atoms with Gasteiger partial charge in [-0.05, 0) is 130 Å². The van der Waals surface area contributed by atoms with E-state index in [0.717, 1.165) is 57.5 Å². The number of alkyl carbamates (subject to hydrolysis) is 3. The van der Waals surface area contributed by atoms with Gasteiger partial charge in [0.05, 0.1) is 119 Å². The van der Waals surface area contributed by atoms with Crippen LogP contribution in [0.25, 0.3) is 45.0 Å². The number of hydrogen-bond acceptors (Lipinski definition) is 17. The number of alkyl halides is 8. The fraction of sp³-hybridized carbons (Fsp3) is 0.480. The molecule has 0 spiro atoms. The summed E-state index contributed by atoms with van der Waals surface area (Å²) in [5, 5.41) is 15.7. The van der Waals surface area contributed by atoms with Gasteiger partial charge in [-0.25, -0.2) is 83.8 Å². The molecular weight excluding hydrogens is 1950 g/mol. The van der Waals surface area contributed by atoms with Crippen LogP contribution in [0.15, 0.2) is 126 Å². The summed E-state index contributed by atoms with van der Waals surface area (Å²) in [5.74, 6) is -5.12. The lowest BCUT2D eigenvalue weighted by molar-refractivity contribution is -0.140. The van der Waals surface area contributed by atoms with Crippen LogP contribution in [0, 0.1) is 65.0 Å². The molecule has 4 saturated heterocycles. The van der Waals surface area contributed by atoms with Crippen molar-refractivity contribution in [3.8, 4) is 92.3 Å². The average molecular weight is 2080 g/mol. The Balaban J connectivity index is 0.000000242. The minimum absolute atomic E-state index is 0.165. The molecular formula is C100H128BrF8N15O14Si3. The lowest BCUT2D eigenvalue weighted by Gasteiger charge is -2.29. The van der Waals surface area contributed by atoms with E-state index in [9.17, 15) is 73.5 Å². The van der Waals surface area contributed by atoms with Crippen molar-refractivity contribution in [3.05, 3.63) is 166 Å². The van der Waals surface area contributed by atoms with E-state index in [4.69, 9.17) is 27.4 Å². The Morgan fingerprint density at radius 3 is 0.887 bits per heavy atom. The number of aliphatic carboxylic acids is 1. The van der Waals surface area contributed by atoms with Gasteiger partial charge in [0.1, 0.15) is 76.8 Å². The van der Waals surface area contributed by atoms with Crippen LogP contribution in [0.3, 0.4) is 0 Å². The van der Waals surface area contributed by atoms with E-state index in [1.54, 1.807) is 126 Å². The van der Waals surface area contributed by atoms with Crippen molar-refractivity contribution in [2.75, 3.05) is 47.5 Å². The van der Waals surface area contributed by atoms with Gasteiger partial charge in [0.2, 0.25) is 11.8 Å². The molecule has 4 aliphatic rings. The Bertz CT molecular complexity index is 5850. The summed E-state index contributed by atoms with van der Waals surface area (Å²) in [7, 11) is -0.501. The first-order chi connectivity index (χ1) is 65.2. The van der Waals surface area contributed by atoms with Gasteiger partial charge in [-0.1, -0.05) is 183 Å². The minimum atomic E-state index is -3.07. The summed E-state index contributed by atoms with van der Waals surface area (Å²) in [6.07, 6.45) is 10.8. The predicted octanol–water partition coefficient (Wildman–Crippen LogP) is 20.7. The Morgan fingerprint density at radius 2 is 0.660 bits per heavy atom. The molecule has 0 bridgehead atoms. The molecule has 4 aromatic carbocycles. The van der Waals surface area contributed by atoms with Crippen LogP contribution in [0.1, 0.15) is 173 Å². The molecule has 12 rings (SSSR count). The maximum Gasteiger partial charge on any atom is 0.411 e. The lowest BCUT2D eigenvalue weighted by atomic mass is 10.0. The summed E-state index contributed by atoms with van der Waals surface area (Å²) in [4.78, 5) is 129. The highest BCUT2D eigenvalue weighted by Crippen LogP contribution is 2.46. The van der Waals surface area contributed by atoms with E-state index >= 15 is 0 Å². The van der Waals surface area contributed by atoms with Gasteiger partial charge in [-0.3, -0.25) is 19.4 Å². The van der Waals surface area contributed by atoms with Crippen LogP contribution in [-0.2, 0) is 38.1 Å². The number of carbonyl (C=O) groups excluding carboxylic acids is 7. The number of nitrogens with one attached hydrogen (secondary N) is 7. The zero-order valence-electron chi connectivity index (χ0n) is 83.9. The van der Waals surface area contributed by atoms with Crippen LogP contribution in [0.4, 0.5) is 59.1 Å². The number of carbonyl (C=O) groups is 8. The molecule has 4 aliphatic heterocycles. The summed E-state index contributed by atoms with van der Waals surface area (Å²) < 4.78 is 139. The van der Waals surface area contributed by atoms with E-state index in [1.165, 1.54) is 27.5 Å². The number of carboxylic acid groups (broad SMARTS) is 1. The van der Waals surface area contributed by atoms with Gasteiger partial charge in [-0.15, -0.1) is 29.5 Å². The monoisotopic (exact) mass is 2080 g/mol. The van der Waals surface area contributed by atoms with Crippen LogP contribution in [-0.4, -0.2) is 238 Å². The molecule has 0 saturated carbocycles. The van der Waals surface area contributed by atoms with Crippen molar-refractivity contribution in [2.24, 2.45) is 17.8 Å². The molecule has 0 aliphatic carbocycles. The standard InChI is InChI=1S/C25H32F2N4O3Si.C23H29F2N3O2Si.C22H24F2N4O3.C18H20BrF2N3O2.C7H13NO4.C5H10Si/c1-16(2)21(30-24(33)34-3)23(32)31-15-25(26,27)13-20(31)22-28-14-19(29-22)18-9-7-17(8-10-18)11-12-35(4,5)6;1-22(2,3)30-21(29)28-15-23(24,25)13-19(28)20-26-14-18(27-20)17-9-7-16(8-10-17)11-12-31(4,5)6;1-5-14-6-8-15(9-7-14)16-11-25-19(26-16)17-10-22(23,24)12-28(17)20(29)18(13(2)3)27-21(30)31-4;1-17(2,3)26-16(25)24-10-18(20,21)8-14(24)15-22-9-13(23-15)11-4-6-12(19)7-5-11;1-4(2)5(6(9)10)8-7(11)12-3;1-5-6(2,3)4/h7-10,14,16,20-21H,13,15H2,1-6H3,(H,28,29)(H,30,33);7-10,14,19H,13,15H2,1-6H3,(H,26,27);1,6-9,11,13,17-18H,10,12H2,2-4H3,(H,25,26)(H,27,30);4-7,9,14H,8,10H2,1-3H3,(H,22,23);4-5H,1-3H3,(H,8,11)(H,9,10);1H,2-4H3/t20-,21-;19-;17-,18-;14-;5-;/m00000./s1. The fourth-order valence-corrected chi connectivity index (χ4v) is 15.5. The van der Waals surface area contributed by atoms with Crippen LogP contribution >= 0.6 is 15.9 Å². The SMILES string of the molecule is C#C[Si](C)(C)C.C#Cc1ccc(-c2cnc([C@@H]3CC(F)(F)CN3C(=O)[C@@H](NC(=O)OC)C(C)C)[nH]2)cc1.CC(C)(C)OC(=O)N1CC(F)(F)C[C@H]1c1ncc(-c2ccc(Br)cc2)[nH]1.CC(C)(C)OC(=O)N1CC(F)(F)C[C@H]1c1ncc(-c2ccc(C#C[Si](C)(C)C)cc2)[nH]1.COC(=O)N[C@H](C(=O)N1CC(F)(F)C[C@H]1c1ncc(-c2ccc(C#C[Si](C)(C)C)cc2)[nH]1)C(C)C.COC(=O)N[C@H](C(=O)O)C(C)C. The Labute approximate surface area is 830 Å². The number of nitrogens with zero attached hydrogens (tertiary/aromatic N) is 8. The molecule has 7 amide bonds. The first kappa shape index (κ1) is 115. The fourth-order valence-electron chi connectivity index (χ4n) is 14.2. The van der Waals surface area contributed by atoms with Crippen molar-refractivity contribution >= 4 is 88.4 Å². The quantitative estimate of drug-likeness (QED) is 0.0182. The largest absolute Gasteiger partial charge is 0.480 e. The highest BCUT2D eigenvalue weighted by atomic mass is 79.9. The minimum Gasteiger partial charge on any atom is -0.480 e. The number of imidazole rings is 4. The van der Waals surface area contributed by atoms with Crippen molar-refractivity contribution in [3.63, 3.8) is 0 Å². The number of amides is 7. The summed E-state index contributed by atoms with van der Waals surface area (Å²) >= 11 is 3.37. The second kappa shape index (κ2) is 48.2. The number of benzene rings is 4. The van der Waals surface area contributed by atoms with Gasteiger partial charge in [0.25, 0.3) is 23.7 Å². The summed E-state index contributed by atoms with van der Waals surface area (Å²) in [5.41, 5.74) is 16.4. The number of hydrogen-bond donors (Lipinski definition) is 8. The third kappa shape index (κ3) is 35.8. The highest BCUT2D eigenvalue weighted by molar-refractivity contribution is 9.10. The lowest BCUT2D eigenvalue weighted by Crippen LogP contribution is -2.51. The van der Waals surface area contributed by atoms with E-state index in [-0.39, 0.29) is 29.4 Å². The van der Waals surface area contributed by atoms with E-state index in [1.807, 2.05) is 72.8 Å². The molecule has 8 N–H and O–H groups in total. The molecule has 141 heavy (non-hydrogen) atoms. The Morgan fingerprint density at radius 1 is 0.418 bits per heavy atom. The number of H-pyrrole nitrogens is 4. The third-order valence-electron chi connectivity index (χ3n) is 21.2.